The van der Waals surface area contributed by atoms with Crippen LogP contribution in [0.5, 0.6) is 5.75 Å². The lowest BCUT2D eigenvalue weighted by molar-refractivity contribution is -0.127. The van der Waals surface area contributed by atoms with E-state index in [-0.39, 0.29) is 11.8 Å². The minimum Gasteiger partial charge on any atom is -0.494 e. The molecular formula is C23H26ClN3O2. The minimum atomic E-state index is 0.167. The molecular weight excluding hydrogens is 386 g/mol. The molecule has 0 spiro atoms. The molecule has 0 saturated carbocycles. The molecule has 1 aliphatic heterocycles. The highest BCUT2D eigenvalue weighted by Crippen LogP contribution is 2.30. The SMILES string of the molecule is CCN1CC(c2nc3ccccc3n2CCCCOc2ccc(Cl)cc2)CC1=O. The number of amides is 1. The van der Waals surface area contributed by atoms with Crippen molar-refractivity contribution < 1.29 is 9.53 Å². The van der Waals surface area contributed by atoms with Crippen LogP contribution in [0, 0.1) is 0 Å². The molecule has 1 saturated heterocycles. The zero-order chi connectivity index (χ0) is 20.2. The minimum absolute atomic E-state index is 0.167. The van der Waals surface area contributed by atoms with Gasteiger partial charge in [0, 0.05) is 37.0 Å². The first-order chi connectivity index (χ1) is 14.2. The van der Waals surface area contributed by atoms with Crippen LogP contribution in [0.2, 0.25) is 5.02 Å². The number of aromatic nitrogens is 2. The van der Waals surface area contributed by atoms with Gasteiger partial charge in [-0.3, -0.25) is 4.79 Å². The Labute approximate surface area is 176 Å². The highest BCUT2D eigenvalue weighted by molar-refractivity contribution is 6.30. The number of unbranched alkanes of at least 4 members (excludes halogenated alkanes) is 1. The van der Waals surface area contributed by atoms with E-state index in [1.54, 1.807) is 0 Å². The number of nitrogens with zero attached hydrogens (tertiary/aromatic N) is 3. The molecule has 0 bridgehead atoms. The number of rotatable bonds is 8. The van der Waals surface area contributed by atoms with Crippen molar-refractivity contribution in [2.24, 2.45) is 0 Å². The summed E-state index contributed by atoms with van der Waals surface area (Å²) in [5.41, 5.74) is 2.14. The van der Waals surface area contributed by atoms with Gasteiger partial charge in [-0.2, -0.15) is 0 Å². The van der Waals surface area contributed by atoms with Crippen LogP contribution in [0.15, 0.2) is 48.5 Å². The highest BCUT2D eigenvalue weighted by Gasteiger charge is 2.32. The smallest absolute Gasteiger partial charge is 0.223 e. The Hall–Kier alpha value is -2.53. The van der Waals surface area contributed by atoms with E-state index in [2.05, 4.69) is 10.6 Å². The van der Waals surface area contributed by atoms with Gasteiger partial charge in [0.15, 0.2) is 0 Å². The standard InChI is InChI=1S/C23H26ClN3O2/c1-2-26-16-17(15-22(26)28)23-25-20-7-3-4-8-21(20)27(23)13-5-6-14-29-19-11-9-18(24)10-12-19/h3-4,7-12,17H,2,5-6,13-16H2,1H3. The number of carbonyl (C=O) groups is 1. The first kappa shape index (κ1) is 19.8. The molecule has 2 heterocycles. The molecule has 0 N–H and O–H groups in total. The third-order valence-electron chi connectivity index (χ3n) is 5.50. The lowest BCUT2D eigenvalue weighted by atomic mass is 10.1. The van der Waals surface area contributed by atoms with Crippen molar-refractivity contribution in [3.8, 4) is 5.75 Å². The van der Waals surface area contributed by atoms with Gasteiger partial charge < -0.3 is 14.2 Å². The van der Waals surface area contributed by atoms with Crippen LogP contribution in [0.25, 0.3) is 11.0 Å². The second-order valence-electron chi connectivity index (χ2n) is 7.45. The number of halogens is 1. The molecule has 152 valence electrons. The summed E-state index contributed by atoms with van der Waals surface area (Å²) in [4.78, 5) is 19.1. The fraction of sp³-hybridized carbons (Fsp3) is 0.391. The van der Waals surface area contributed by atoms with Crippen molar-refractivity contribution in [3.05, 3.63) is 59.4 Å². The van der Waals surface area contributed by atoms with Crippen LogP contribution in [-0.4, -0.2) is 40.1 Å². The molecule has 0 aliphatic carbocycles. The average molecular weight is 412 g/mol. The maximum absolute atomic E-state index is 12.2. The Kier molecular flexibility index (Phi) is 6.05. The van der Waals surface area contributed by atoms with Gasteiger partial charge in [0.25, 0.3) is 0 Å². The first-order valence-electron chi connectivity index (χ1n) is 10.3. The summed E-state index contributed by atoms with van der Waals surface area (Å²) in [7, 11) is 0. The molecule has 1 aliphatic rings. The van der Waals surface area contributed by atoms with Crippen molar-refractivity contribution >= 4 is 28.5 Å². The number of para-hydroxylation sites is 2. The fourth-order valence-corrected chi connectivity index (χ4v) is 4.11. The van der Waals surface area contributed by atoms with E-state index in [0.29, 0.717) is 18.1 Å². The largest absolute Gasteiger partial charge is 0.494 e. The summed E-state index contributed by atoms with van der Waals surface area (Å²) in [6.45, 7) is 5.09. The van der Waals surface area contributed by atoms with Crippen LogP contribution in [0.3, 0.4) is 0 Å². The van der Waals surface area contributed by atoms with Gasteiger partial charge in [0.2, 0.25) is 5.91 Å². The van der Waals surface area contributed by atoms with Crippen molar-refractivity contribution in [2.75, 3.05) is 19.7 Å². The molecule has 4 rings (SSSR count). The molecule has 5 nitrogen and oxygen atoms in total. The van der Waals surface area contributed by atoms with E-state index < -0.39 is 0 Å². The Morgan fingerprint density at radius 1 is 1.14 bits per heavy atom. The van der Waals surface area contributed by atoms with Crippen molar-refractivity contribution in [1.29, 1.82) is 0 Å². The number of hydrogen-bond donors (Lipinski definition) is 0. The molecule has 2 aromatic carbocycles. The zero-order valence-electron chi connectivity index (χ0n) is 16.7. The average Bonchev–Trinajstić information content (AvgIpc) is 3.29. The number of imidazole rings is 1. The van der Waals surface area contributed by atoms with Crippen molar-refractivity contribution in [3.63, 3.8) is 0 Å². The highest BCUT2D eigenvalue weighted by atomic mass is 35.5. The molecule has 1 atom stereocenters. The normalized spacial score (nSPS) is 16.7. The van der Waals surface area contributed by atoms with Gasteiger partial charge in [-0.15, -0.1) is 0 Å². The summed E-state index contributed by atoms with van der Waals surface area (Å²) in [5.74, 6) is 2.27. The third kappa shape index (κ3) is 4.40. The maximum Gasteiger partial charge on any atom is 0.223 e. The van der Waals surface area contributed by atoms with Crippen LogP contribution in [-0.2, 0) is 11.3 Å². The van der Waals surface area contributed by atoms with Gasteiger partial charge in [-0.1, -0.05) is 23.7 Å². The summed E-state index contributed by atoms with van der Waals surface area (Å²) < 4.78 is 8.11. The number of likely N-dealkylation sites (tertiary alicyclic amines) is 1. The van der Waals surface area contributed by atoms with E-state index >= 15 is 0 Å². The lowest BCUT2D eigenvalue weighted by Crippen LogP contribution is -2.24. The fourth-order valence-electron chi connectivity index (χ4n) is 3.98. The number of hydrogen-bond acceptors (Lipinski definition) is 3. The summed E-state index contributed by atoms with van der Waals surface area (Å²) in [6.07, 6.45) is 2.48. The van der Waals surface area contributed by atoms with Crippen molar-refractivity contribution in [2.45, 2.75) is 38.6 Å². The summed E-state index contributed by atoms with van der Waals surface area (Å²) >= 11 is 5.91. The predicted octanol–water partition coefficient (Wildman–Crippen LogP) is 4.88. The Bertz CT molecular complexity index is 983. The molecule has 1 fully saturated rings. The predicted molar refractivity (Wildman–Crippen MR) is 116 cm³/mol. The quantitative estimate of drug-likeness (QED) is 0.496. The second kappa shape index (κ2) is 8.87. The van der Waals surface area contributed by atoms with Crippen LogP contribution in [0.4, 0.5) is 0 Å². The van der Waals surface area contributed by atoms with Gasteiger partial charge in [0.1, 0.15) is 11.6 Å². The number of likely N-dealkylation sites (N-methyl/N-ethyl adjacent to an activating group) is 1. The van der Waals surface area contributed by atoms with Gasteiger partial charge in [-0.25, -0.2) is 4.98 Å². The van der Waals surface area contributed by atoms with E-state index in [1.807, 2.05) is 54.3 Å². The molecule has 1 amide bonds. The Morgan fingerprint density at radius 3 is 2.69 bits per heavy atom. The van der Waals surface area contributed by atoms with E-state index in [1.165, 1.54) is 0 Å². The Morgan fingerprint density at radius 2 is 1.93 bits per heavy atom. The second-order valence-corrected chi connectivity index (χ2v) is 7.89. The number of ether oxygens (including phenoxy) is 1. The topological polar surface area (TPSA) is 47.4 Å². The zero-order valence-corrected chi connectivity index (χ0v) is 17.4. The number of fused-ring (bicyclic) bond motifs is 1. The number of benzene rings is 2. The molecule has 29 heavy (non-hydrogen) atoms. The Balaban J connectivity index is 1.42. The van der Waals surface area contributed by atoms with Gasteiger partial charge in [-0.05, 0) is 56.2 Å². The molecule has 1 aromatic heterocycles. The molecule has 6 heteroatoms. The first-order valence-corrected chi connectivity index (χ1v) is 10.6. The van der Waals surface area contributed by atoms with Gasteiger partial charge in [0.05, 0.1) is 17.6 Å². The van der Waals surface area contributed by atoms with Crippen LogP contribution in [0.1, 0.15) is 37.9 Å². The molecule has 0 radical (unpaired) electrons. The third-order valence-corrected chi connectivity index (χ3v) is 5.76. The summed E-state index contributed by atoms with van der Waals surface area (Å²) in [5, 5.41) is 0.712. The van der Waals surface area contributed by atoms with E-state index in [0.717, 1.165) is 55.1 Å². The molecule has 1 unspecified atom stereocenters. The van der Waals surface area contributed by atoms with Gasteiger partial charge >= 0.3 is 0 Å². The summed E-state index contributed by atoms with van der Waals surface area (Å²) in [6, 6.07) is 15.7. The van der Waals surface area contributed by atoms with E-state index in [4.69, 9.17) is 21.3 Å². The number of carbonyl (C=O) groups excluding carboxylic acids is 1. The van der Waals surface area contributed by atoms with E-state index in [9.17, 15) is 4.79 Å². The van der Waals surface area contributed by atoms with Crippen molar-refractivity contribution in [1.82, 2.24) is 14.5 Å². The lowest BCUT2D eigenvalue weighted by Gasteiger charge is -2.15. The van der Waals surface area contributed by atoms with Crippen LogP contribution >= 0.6 is 11.6 Å². The number of aryl methyl sites for hydroxylation is 1. The molecule has 3 aromatic rings. The monoisotopic (exact) mass is 411 g/mol. The maximum atomic E-state index is 12.2. The van der Waals surface area contributed by atoms with Crippen LogP contribution < -0.4 is 4.74 Å².